The highest BCUT2D eigenvalue weighted by molar-refractivity contribution is 5.42. The summed E-state index contributed by atoms with van der Waals surface area (Å²) in [6.07, 6.45) is 3.03. The predicted molar refractivity (Wildman–Crippen MR) is 79.2 cm³/mol. The Morgan fingerprint density at radius 2 is 2.05 bits per heavy atom. The number of benzene rings is 1. The van der Waals surface area contributed by atoms with Crippen molar-refractivity contribution in [2.75, 3.05) is 6.54 Å². The molecule has 0 atom stereocenters. The third-order valence-corrected chi connectivity index (χ3v) is 3.22. The summed E-state index contributed by atoms with van der Waals surface area (Å²) in [5.41, 5.74) is 4.34. The van der Waals surface area contributed by atoms with E-state index in [1.165, 1.54) is 11.1 Å². The smallest absolute Gasteiger partial charge is 0.399 e. The van der Waals surface area contributed by atoms with E-state index in [-0.39, 0.29) is 0 Å². The fourth-order valence-corrected chi connectivity index (χ4v) is 2.01. The van der Waals surface area contributed by atoms with Crippen molar-refractivity contribution in [3.63, 3.8) is 0 Å². The summed E-state index contributed by atoms with van der Waals surface area (Å²) in [5, 5.41) is 3.28. The number of oxazole rings is 1. The second-order valence-corrected chi connectivity index (χ2v) is 5.09. The zero-order chi connectivity index (χ0) is 14.5. The molecule has 1 aromatic carbocycles. The topological polar surface area (TPSA) is 47.3 Å². The molecule has 108 valence electrons. The maximum Gasteiger partial charge on any atom is 0.399 e. The van der Waals surface area contributed by atoms with E-state index < -0.39 is 0 Å². The van der Waals surface area contributed by atoms with Gasteiger partial charge in [-0.3, -0.25) is 0 Å². The van der Waals surface area contributed by atoms with Crippen LogP contribution in [0.15, 0.2) is 22.8 Å². The van der Waals surface area contributed by atoms with Crippen LogP contribution in [-0.2, 0) is 6.54 Å². The van der Waals surface area contributed by atoms with E-state index in [0.29, 0.717) is 12.6 Å². The summed E-state index contributed by atoms with van der Waals surface area (Å²) in [5.74, 6) is 0.803. The Bertz CT molecular complexity index is 576. The van der Waals surface area contributed by atoms with Crippen molar-refractivity contribution in [2.24, 2.45) is 0 Å². The fraction of sp³-hybridized carbons (Fsp3) is 0.438. The molecule has 0 bridgehead atoms. The second-order valence-electron chi connectivity index (χ2n) is 5.09. The normalized spacial score (nSPS) is 10.8. The van der Waals surface area contributed by atoms with E-state index in [1.807, 2.05) is 13.0 Å². The monoisotopic (exact) mass is 274 g/mol. The van der Waals surface area contributed by atoms with Crippen LogP contribution in [0.4, 0.5) is 0 Å². The van der Waals surface area contributed by atoms with Crippen LogP contribution in [0.2, 0.25) is 0 Å². The van der Waals surface area contributed by atoms with Gasteiger partial charge in [-0.2, -0.15) is 4.98 Å². The highest BCUT2D eigenvalue weighted by Gasteiger charge is 2.10. The maximum atomic E-state index is 5.75. The molecule has 4 nitrogen and oxygen atoms in total. The molecule has 0 unspecified atom stereocenters. The lowest BCUT2D eigenvalue weighted by Crippen LogP contribution is -2.13. The lowest BCUT2D eigenvalue weighted by Gasteiger charge is -2.09. The van der Waals surface area contributed by atoms with Crippen molar-refractivity contribution in [3.05, 3.63) is 40.8 Å². The Morgan fingerprint density at radius 3 is 2.80 bits per heavy atom. The number of hydrogen-bond acceptors (Lipinski definition) is 4. The first-order valence-corrected chi connectivity index (χ1v) is 7.01. The van der Waals surface area contributed by atoms with Gasteiger partial charge in [0.15, 0.2) is 0 Å². The molecule has 0 radical (unpaired) electrons. The van der Waals surface area contributed by atoms with Gasteiger partial charge in [-0.1, -0.05) is 13.0 Å². The number of nitrogens with zero attached hydrogens (tertiary/aromatic N) is 1. The molecule has 1 aromatic heterocycles. The third kappa shape index (κ3) is 3.61. The van der Waals surface area contributed by atoms with Crippen LogP contribution in [0.3, 0.4) is 0 Å². The first kappa shape index (κ1) is 14.6. The Morgan fingerprint density at radius 1 is 1.25 bits per heavy atom. The minimum absolute atomic E-state index is 0.298. The zero-order valence-electron chi connectivity index (χ0n) is 12.6. The molecule has 1 N–H and O–H groups in total. The number of nitrogens with one attached hydrogen (secondary N) is 1. The molecule has 0 aliphatic heterocycles. The van der Waals surface area contributed by atoms with Crippen molar-refractivity contribution < 1.29 is 9.15 Å². The van der Waals surface area contributed by atoms with Gasteiger partial charge in [0, 0.05) is 6.54 Å². The molecule has 20 heavy (non-hydrogen) atoms. The molecule has 2 aromatic rings. The average Bonchev–Trinajstić information content (AvgIpc) is 2.83. The Balaban J connectivity index is 2.07. The molecule has 0 saturated carbocycles. The number of rotatable bonds is 6. The Kier molecular flexibility index (Phi) is 4.79. The Hall–Kier alpha value is -1.81. The molecule has 0 amide bonds. The van der Waals surface area contributed by atoms with Gasteiger partial charge in [-0.05, 0) is 56.5 Å². The average molecular weight is 274 g/mol. The lowest BCUT2D eigenvalue weighted by molar-refractivity contribution is 0.329. The molecule has 0 aliphatic carbocycles. The molecule has 0 spiro atoms. The molecule has 0 saturated heterocycles. The highest BCUT2D eigenvalue weighted by atomic mass is 16.6. The molecular formula is C16H22N2O2. The summed E-state index contributed by atoms with van der Waals surface area (Å²) in [6, 6.07) is 4.14. The number of aryl methyl sites for hydroxylation is 2. The summed E-state index contributed by atoms with van der Waals surface area (Å²) < 4.78 is 11.1. The summed E-state index contributed by atoms with van der Waals surface area (Å²) in [4.78, 5) is 4.33. The van der Waals surface area contributed by atoms with E-state index in [4.69, 9.17) is 9.15 Å². The van der Waals surface area contributed by atoms with Crippen LogP contribution in [0, 0.1) is 20.8 Å². The van der Waals surface area contributed by atoms with Crippen LogP contribution in [0.25, 0.3) is 0 Å². The number of aromatic nitrogens is 1. The molecule has 0 aliphatic rings. The van der Waals surface area contributed by atoms with Gasteiger partial charge in [-0.25, -0.2) is 0 Å². The van der Waals surface area contributed by atoms with Crippen LogP contribution < -0.4 is 10.1 Å². The van der Waals surface area contributed by atoms with Crippen molar-refractivity contribution in [3.8, 4) is 11.8 Å². The van der Waals surface area contributed by atoms with Gasteiger partial charge in [0.1, 0.15) is 12.0 Å². The lowest BCUT2D eigenvalue weighted by atomic mass is 10.1. The number of hydrogen-bond donors (Lipinski definition) is 1. The quantitative estimate of drug-likeness (QED) is 0.812. The van der Waals surface area contributed by atoms with Crippen LogP contribution in [0.1, 0.15) is 35.7 Å². The first-order chi connectivity index (χ1) is 9.60. The molecule has 1 heterocycles. The van der Waals surface area contributed by atoms with E-state index in [0.717, 1.165) is 30.0 Å². The van der Waals surface area contributed by atoms with Crippen molar-refractivity contribution in [1.29, 1.82) is 0 Å². The first-order valence-electron chi connectivity index (χ1n) is 7.01. The van der Waals surface area contributed by atoms with Crippen molar-refractivity contribution in [1.82, 2.24) is 10.3 Å². The largest absolute Gasteiger partial charge is 0.417 e. The van der Waals surface area contributed by atoms with Gasteiger partial charge in [0.2, 0.25) is 0 Å². The standard InChI is InChI=1S/C16H22N2O2/c1-5-6-17-9-14-10-19-16(18-14)20-15-8-11(2)7-12(3)13(15)4/h7-8,10,17H,5-6,9H2,1-4H3. The fourth-order valence-electron chi connectivity index (χ4n) is 2.01. The van der Waals surface area contributed by atoms with Gasteiger partial charge >= 0.3 is 6.08 Å². The molecule has 0 fully saturated rings. The van der Waals surface area contributed by atoms with E-state index in [9.17, 15) is 0 Å². The summed E-state index contributed by atoms with van der Waals surface area (Å²) >= 11 is 0. The molecular weight excluding hydrogens is 252 g/mol. The van der Waals surface area contributed by atoms with Gasteiger partial charge in [0.25, 0.3) is 0 Å². The van der Waals surface area contributed by atoms with Gasteiger partial charge in [-0.15, -0.1) is 0 Å². The van der Waals surface area contributed by atoms with Crippen molar-refractivity contribution >= 4 is 0 Å². The van der Waals surface area contributed by atoms with Gasteiger partial charge < -0.3 is 14.5 Å². The van der Waals surface area contributed by atoms with Crippen LogP contribution in [-0.4, -0.2) is 11.5 Å². The third-order valence-electron chi connectivity index (χ3n) is 3.22. The SMILES string of the molecule is CCCNCc1coc(Oc2cc(C)cc(C)c2C)n1. The van der Waals surface area contributed by atoms with Gasteiger partial charge in [0.05, 0.1) is 5.69 Å². The molecule has 2 rings (SSSR count). The van der Waals surface area contributed by atoms with Crippen molar-refractivity contribution in [2.45, 2.75) is 40.7 Å². The minimum atomic E-state index is 0.298. The van der Waals surface area contributed by atoms with Crippen LogP contribution >= 0.6 is 0 Å². The maximum absolute atomic E-state index is 5.75. The summed E-state index contributed by atoms with van der Waals surface area (Å²) in [7, 11) is 0. The van der Waals surface area contributed by atoms with Crippen LogP contribution in [0.5, 0.6) is 11.8 Å². The highest BCUT2D eigenvalue weighted by Crippen LogP contribution is 2.28. The zero-order valence-corrected chi connectivity index (χ0v) is 12.6. The van der Waals surface area contributed by atoms with E-state index in [2.05, 4.69) is 37.1 Å². The second kappa shape index (κ2) is 6.57. The molecule has 4 heteroatoms. The predicted octanol–water partition coefficient (Wildman–Crippen LogP) is 3.89. The summed E-state index contributed by atoms with van der Waals surface area (Å²) in [6.45, 7) is 9.97. The minimum Gasteiger partial charge on any atom is -0.417 e. The Labute approximate surface area is 120 Å². The number of ether oxygens (including phenoxy) is 1. The van der Waals surface area contributed by atoms with E-state index >= 15 is 0 Å². The van der Waals surface area contributed by atoms with E-state index in [1.54, 1.807) is 6.26 Å².